The summed E-state index contributed by atoms with van der Waals surface area (Å²) < 4.78 is 4.98. The van der Waals surface area contributed by atoms with Crippen molar-refractivity contribution in [2.24, 2.45) is 11.8 Å². The summed E-state index contributed by atoms with van der Waals surface area (Å²) in [5, 5.41) is 0. The van der Waals surface area contributed by atoms with Gasteiger partial charge in [-0.1, -0.05) is 19.8 Å². The highest BCUT2D eigenvalue weighted by Crippen LogP contribution is 2.28. The number of carbonyl (C=O) groups is 1. The van der Waals surface area contributed by atoms with Gasteiger partial charge in [-0.3, -0.25) is 4.79 Å². The molecule has 1 fully saturated rings. The number of hydrogen-bond acceptors (Lipinski definition) is 2. The van der Waals surface area contributed by atoms with Crippen molar-refractivity contribution in [1.82, 2.24) is 0 Å². The van der Waals surface area contributed by atoms with Gasteiger partial charge < -0.3 is 4.74 Å². The van der Waals surface area contributed by atoms with E-state index in [0.29, 0.717) is 12.5 Å². The minimum absolute atomic E-state index is 0.145. The van der Waals surface area contributed by atoms with E-state index in [1.54, 1.807) is 0 Å². The zero-order chi connectivity index (χ0) is 8.97. The fourth-order valence-corrected chi connectivity index (χ4v) is 1.73. The molecule has 1 aliphatic rings. The molecule has 0 heterocycles. The van der Waals surface area contributed by atoms with Crippen LogP contribution in [0.4, 0.5) is 0 Å². The first-order chi connectivity index (χ1) is 5.68. The van der Waals surface area contributed by atoms with Crippen molar-refractivity contribution < 1.29 is 9.53 Å². The Balaban J connectivity index is 2.13. The summed E-state index contributed by atoms with van der Waals surface area (Å²) >= 11 is 0. The van der Waals surface area contributed by atoms with E-state index in [2.05, 4.69) is 6.92 Å². The van der Waals surface area contributed by atoms with Gasteiger partial charge in [0, 0.05) is 6.92 Å². The van der Waals surface area contributed by atoms with Crippen molar-refractivity contribution in [2.75, 3.05) is 6.61 Å². The van der Waals surface area contributed by atoms with Gasteiger partial charge in [-0.15, -0.1) is 0 Å². The minimum Gasteiger partial charge on any atom is -0.466 e. The maximum absolute atomic E-state index is 10.5. The molecule has 0 aromatic carbocycles. The Morgan fingerprint density at radius 1 is 1.33 bits per heavy atom. The first kappa shape index (κ1) is 9.56. The molecule has 0 unspecified atom stereocenters. The van der Waals surface area contributed by atoms with Crippen LogP contribution in [0.2, 0.25) is 0 Å². The van der Waals surface area contributed by atoms with Crippen LogP contribution >= 0.6 is 0 Å². The molecule has 2 nitrogen and oxygen atoms in total. The second-order valence-corrected chi connectivity index (χ2v) is 3.93. The molecule has 0 aromatic heterocycles. The van der Waals surface area contributed by atoms with Crippen LogP contribution in [-0.2, 0) is 9.53 Å². The molecular formula is C10H18O2. The molecule has 0 saturated heterocycles. The lowest BCUT2D eigenvalue weighted by Gasteiger charge is -2.25. The molecule has 0 atom stereocenters. The van der Waals surface area contributed by atoms with E-state index >= 15 is 0 Å². The van der Waals surface area contributed by atoms with Gasteiger partial charge in [0.1, 0.15) is 0 Å². The Kier molecular flexibility index (Phi) is 3.57. The number of ether oxygens (including phenoxy) is 1. The second kappa shape index (κ2) is 4.48. The van der Waals surface area contributed by atoms with Crippen LogP contribution in [0, 0.1) is 11.8 Å². The topological polar surface area (TPSA) is 26.3 Å². The lowest BCUT2D eigenvalue weighted by atomic mass is 9.83. The second-order valence-electron chi connectivity index (χ2n) is 3.93. The van der Waals surface area contributed by atoms with Crippen molar-refractivity contribution in [2.45, 2.75) is 39.5 Å². The van der Waals surface area contributed by atoms with E-state index < -0.39 is 0 Å². The van der Waals surface area contributed by atoms with Gasteiger partial charge in [0.15, 0.2) is 0 Å². The van der Waals surface area contributed by atoms with Crippen LogP contribution in [0.25, 0.3) is 0 Å². The van der Waals surface area contributed by atoms with Gasteiger partial charge >= 0.3 is 5.97 Å². The van der Waals surface area contributed by atoms with Crippen LogP contribution in [0.15, 0.2) is 0 Å². The predicted molar refractivity (Wildman–Crippen MR) is 47.8 cm³/mol. The number of hydrogen-bond donors (Lipinski definition) is 0. The van der Waals surface area contributed by atoms with E-state index in [0.717, 1.165) is 5.92 Å². The van der Waals surface area contributed by atoms with Gasteiger partial charge in [-0.05, 0) is 24.7 Å². The average Bonchev–Trinajstić information content (AvgIpc) is 2.03. The Hall–Kier alpha value is -0.530. The van der Waals surface area contributed by atoms with Crippen LogP contribution in [0.1, 0.15) is 39.5 Å². The number of carbonyl (C=O) groups excluding carboxylic acids is 1. The summed E-state index contributed by atoms with van der Waals surface area (Å²) in [6, 6.07) is 0. The third-order valence-corrected chi connectivity index (χ3v) is 2.66. The molecule has 70 valence electrons. The molecule has 0 radical (unpaired) electrons. The van der Waals surface area contributed by atoms with Crippen molar-refractivity contribution in [1.29, 1.82) is 0 Å². The highest BCUT2D eigenvalue weighted by Gasteiger charge is 2.18. The van der Waals surface area contributed by atoms with Crippen molar-refractivity contribution >= 4 is 5.97 Å². The minimum atomic E-state index is -0.145. The fourth-order valence-electron chi connectivity index (χ4n) is 1.73. The maximum atomic E-state index is 10.5. The normalized spacial score (nSPS) is 29.8. The average molecular weight is 170 g/mol. The van der Waals surface area contributed by atoms with E-state index in [1.165, 1.54) is 32.6 Å². The van der Waals surface area contributed by atoms with Crippen molar-refractivity contribution in [3.05, 3.63) is 0 Å². The summed E-state index contributed by atoms with van der Waals surface area (Å²) in [6.07, 6.45) is 5.06. The van der Waals surface area contributed by atoms with Crippen molar-refractivity contribution in [3.63, 3.8) is 0 Å². The molecule has 1 saturated carbocycles. The molecule has 0 spiro atoms. The zero-order valence-electron chi connectivity index (χ0n) is 8.01. The van der Waals surface area contributed by atoms with E-state index in [4.69, 9.17) is 4.74 Å². The SMILES string of the molecule is CC(=O)OC[C@H]1CC[C@H](C)CC1. The van der Waals surface area contributed by atoms with E-state index in [9.17, 15) is 4.79 Å². The molecule has 0 aliphatic heterocycles. The van der Waals surface area contributed by atoms with Gasteiger partial charge in [0.25, 0.3) is 0 Å². The molecule has 1 aliphatic carbocycles. The molecule has 0 amide bonds. The third kappa shape index (κ3) is 3.24. The highest BCUT2D eigenvalue weighted by atomic mass is 16.5. The number of esters is 1. The summed E-state index contributed by atoms with van der Waals surface area (Å²) in [7, 11) is 0. The largest absolute Gasteiger partial charge is 0.466 e. The molecule has 12 heavy (non-hydrogen) atoms. The molecule has 0 N–H and O–H groups in total. The van der Waals surface area contributed by atoms with Gasteiger partial charge in [0.2, 0.25) is 0 Å². The van der Waals surface area contributed by atoms with Gasteiger partial charge in [-0.25, -0.2) is 0 Å². The third-order valence-electron chi connectivity index (χ3n) is 2.66. The Morgan fingerprint density at radius 2 is 1.92 bits per heavy atom. The summed E-state index contributed by atoms with van der Waals surface area (Å²) in [4.78, 5) is 10.5. The summed E-state index contributed by atoms with van der Waals surface area (Å²) in [5.74, 6) is 1.36. The van der Waals surface area contributed by atoms with Gasteiger partial charge in [0.05, 0.1) is 6.61 Å². The Morgan fingerprint density at radius 3 is 2.42 bits per heavy atom. The van der Waals surface area contributed by atoms with Crippen LogP contribution in [0.5, 0.6) is 0 Å². The summed E-state index contributed by atoms with van der Waals surface area (Å²) in [6.45, 7) is 4.41. The van der Waals surface area contributed by atoms with Crippen LogP contribution < -0.4 is 0 Å². The standard InChI is InChI=1S/C10H18O2/c1-8-3-5-10(6-4-8)7-12-9(2)11/h8,10H,3-7H2,1-2H3/t8-,10-. The molecule has 2 heteroatoms. The molecule has 0 bridgehead atoms. The lowest BCUT2D eigenvalue weighted by molar-refractivity contribution is -0.142. The molecular weight excluding hydrogens is 152 g/mol. The Bertz CT molecular complexity index is 146. The molecule has 1 rings (SSSR count). The van der Waals surface area contributed by atoms with E-state index in [1.807, 2.05) is 0 Å². The molecule has 0 aromatic rings. The first-order valence-corrected chi connectivity index (χ1v) is 4.82. The first-order valence-electron chi connectivity index (χ1n) is 4.82. The highest BCUT2D eigenvalue weighted by molar-refractivity contribution is 5.65. The quantitative estimate of drug-likeness (QED) is 0.595. The Labute approximate surface area is 74.3 Å². The maximum Gasteiger partial charge on any atom is 0.302 e. The van der Waals surface area contributed by atoms with Gasteiger partial charge in [-0.2, -0.15) is 0 Å². The fraction of sp³-hybridized carbons (Fsp3) is 0.900. The monoisotopic (exact) mass is 170 g/mol. The smallest absolute Gasteiger partial charge is 0.302 e. The van der Waals surface area contributed by atoms with Crippen molar-refractivity contribution in [3.8, 4) is 0 Å². The lowest BCUT2D eigenvalue weighted by Crippen LogP contribution is -2.18. The van der Waals surface area contributed by atoms with Crippen LogP contribution in [0.3, 0.4) is 0 Å². The number of rotatable bonds is 2. The van der Waals surface area contributed by atoms with E-state index in [-0.39, 0.29) is 5.97 Å². The van der Waals surface area contributed by atoms with Crippen LogP contribution in [-0.4, -0.2) is 12.6 Å². The predicted octanol–water partition coefficient (Wildman–Crippen LogP) is 2.38. The zero-order valence-corrected chi connectivity index (χ0v) is 8.01. The summed E-state index contributed by atoms with van der Waals surface area (Å²) in [5.41, 5.74) is 0.